The Morgan fingerprint density at radius 1 is 1.20 bits per heavy atom. The number of rotatable bonds is 4. The molecule has 0 radical (unpaired) electrons. The van der Waals surface area contributed by atoms with Gasteiger partial charge in [0.25, 0.3) is 5.91 Å². The number of anilines is 1. The second-order valence-electron chi connectivity index (χ2n) is 6.26. The summed E-state index contributed by atoms with van der Waals surface area (Å²) in [5.74, 6) is -1.21. The topological polar surface area (TPSA) is 71.3 Å². The van der Waals surface area contributed by atoms with Crippen molar-refractivity contribution >= 4 is 33.5 Å². The summed E-state index contributed by atoms with van der Waals surface area (Å²) in [6, 6.07) is 8.99. The number of nitrogens with zero attached hydrogens (tertiary/aromatic N) is 1. The van der Waals surface area contributed by atoms with Crippen LogP contribution in [0.4, 0.5) is 5.69 Å². The molecule has 0 saturated carbocycles. The standard InChI is InChI=1S/C19H19BrN2O3/c1-11-3-4-12(2)22(11)15-7-5-13(9-15)18(23)21-17-10-14(19(24)25)6-8-16(17)20/h3-6,8,10,15H,7,9H2,1-2H3,(H,21,23)(H,24,25)/t15-/m1/s1. The number of nitrogens with one attached hydrogen (secondary N) is 1. The molecule has 130 valence electrons. The molecule has 3 rings (SSSR count). The lowest BCUT2D eigenvalue weighted by Gasteiger charge is -2.18. The minimum atomic E-state index is -1.03. The van der Waals surface area contributed by atoms with E-state index in [2.05, 4.69) is 51.8 Å². The molecule has 1 amide bonds. The first-order valence-electron chi connectivity index (χ1n) is 8.04. The fourth-order valence-corrected chi connectivity index (χ4v) is 3.64. The monoisotopic (exact) mass is 402 g/mol. The number of carbonyl (C=O) groups excluding carboxylic acids is 1. The van der Waals surface area contributed by atoms with Crippen LogP contribution >= 0.6 is 15.9 Å². The SMILES string of the molecule is Cc1ccc(C)n1[C@@H]1CC=C(C(=O)Nc2cc(C(=O)O)ccc2Br)C1. The lowest BCUT2D eigenvalue weighted by atomic mass is 10.1. The highest BCUT2D eigenvalue weighted by Crippen LogP contribution is 2.33. The number of benzene rings is 1. The van der Waals surface area contributed by atoms with Gasteiger partial charge in [0.05, 0.1) is 11.3 Å². The van der Waals surface area contributed by atoms with Gasteiger partial charge in [-0.3, -0.25) is 4.79 Å². The molecule has 1 aromatic carbocycles. The van der Waals surface area contributed by atoms with Gasteiger partial charge in [-0.15, -0.1) is 0 Å². The first-order valence-corrected chi connectivity index (χ1v) is 8.83. The van der Waals surface area contributed by atoms with Gasteiger partial charge in [-0.2, -0.15) is 0 Å². The molecule has 1 heterocycles. The molecule has 0 bridgehead atoms. The lowest BCUT2D eigenvalue weighted by Crippen LogP contribution is -2.16. The van der Waals surface area contributed by atoms with Crippen LogP contribution in [0.3, 0.4) is 0 Å². The summed E-state index contributed by atoms with van der Waals surface area (Å²) in [5, 5.41) is 11.9. The van der Waals surface area contributed by atoms with Gasteiger partial charge in [0.15, 0.2) is 0 Å². The third-order valence-electron chi connectivity index (χ3n) is 4.54. The highest BCUT2D eigenvalue weighted by Gasteiger charge is 2.25. The Labute approximate surface area is 154 Å². The van der Waals surface area contributed by atoms with Crippen LogP contribution in [0.5, 0.6) is 0 Å². The number of aromatic carboxylic acids is 1. The number of aromatic nitrogens is 1. The predicted molar refractivity (Wildman–Crippen MR) is 100.0 cm³/mol. The van der Waals surface area contributed by atoms with E-state index in [0.29, 0.717) is 16.6 Å². The van der Waals surface area contributed by atoms with Crippen molar-refractivity contribution in [2.24, 2.45) is 0 Å². The Bertz CT molecular complexity index is 863. The van der Waals surface area contributed by atoms with Crippen LogP contribution in [0.15, 0.2) is 46.5 Å². The molecule has 6 heteroatoms. The molecular formula is C19H19BrN2O3. The molecule has 1 aliphatic rings. The van der Waals surface area contributed by atoms with Crippen LogP contribution in [0, 0.1) is 13.8 Å². The zero-order chi connectivity index (χ0) is 18.1. The molecule has 1 aliphatic carbocycles. The van der Waals surface area contributed by atoms with Crippen molar-refractivity contribution in [3.8, 4) is 0 Å². The molecule has 0 spiro atoms. The second-order valence-corrected chi connectivity index (χ2v) is 7.12. The maximum atomic E-state index is 12.6. The Hall–Kier alpha value is -2.34. The Kier molecular flexibility index (Phi) is 4.81. The number of amides is 1. The van der Waals surface area contributed by atoms with Gasteiger partial charge in [-0.05, 0) is 73.0 Å². The quantitative estimate of drug-likeness (QED) is 0.792. The van der Waals surface area contributed by atoms with Crippen molar-refractivity contribution < 1.29 is 14.7 Å². The van der Waals surface area contributed by atoms with Crippen LogP contribution in [-0.4, -0.2) is 21.6 Å². The van der Waals surface area contributed by atoms with E-state index in [1.165, 1.54) is 23.5 Å². The van der Waals surface area contributed by atoms with E-state index in [9.17, 15) is 9.59 Å². The van der Waals surface area contributed by atoms with Gasteiger partial charge in [0.1, 0.15) is 0 Å². The van der Waals surface area contributed by atoms with Gasteiger partial charge in [0.2, 0.25) is 0 Å². The van der Waals surface area contributed by atoms with Gasteiger partial charge in [-0.1, -0.05) is 6.08 Å². The molecule has 0 aliphatic heterocycles. The third-order valence-corrected chi connectivity index (χ3v) is 5.23. The van der Waals surface area contributed by atoms with Gasteiger partial charge >= 0.3 is 5.97 Å². The number of carboxylic acid groups (broad SMARTS) is 1. The van der Waals surface area contributed by atoms with E-state index in [1.54, 1.807) is 6.07 Å². The maximum absolute atomic E-state index is 12.6. The number of carbonyl (C=O) groups is 2. The van der Waals surface area contributed by atoms with E-state index < -0.39 is 5.97 Å². The largest absolute Gasteiger partial charge is 0.478 e. The fourth-order valence-electron chi connectivity index (χ4n) is 3.29. The molecule has 0 fully saturated rings. The van der Waals surface area contributed by atoms with E-state index >= 15 is 0 Å². The van der Waals surface area contributed by atoms with Crippen molar-refractivity contribution in [1.82, 2.24) is 4.57 Å². The van der Waals surface area contributed by atoms with Crippen LogP contribution in [0.2, 0.25) is 0 Å². The maximum Gasteiger partial charge on any atom is 0.335 e. The average Bonchev–Trinajstić information content (AvgIpc) is 3.16. The summed E-state index contributed by atoms with van der Waals surface area (Å²) in [7, 11) is 0. The van der Waals surface area contributed by atoms with Crippen molar-refractivity contribution in [2.45, 2.75) is 32.7 Å². The van der Waals surface area contributed by atoms with E-state index in [4.69, 9.17) is 5.11 Å². The molecule has 1 aromatic heterocycles. The van der Waals surface area contributed by atoms with Gasteiger partial charge < -0.3 is 15.0 Å². The molecule has 2 N–H and O–H groups in total. The Morgan fingerprint density at radius 2 is 1.88 bits per heavy atom. The van der Waals surface area contributed by atoms with Crippen molar-refractivity contribution in [2.75, 3.05) is 5.32 Å². The van der Waals surface area contributed by atoms with E-state index in [0.717, 1.165) is 12.0 Å². The van der Waals surface area contributed by atoms with Crippen LogP contribution in [0.1, 0.15) is 40.6 Å². The first-order chi connectivity index (χ1) is 11.9. The second kappa shape index (κ2) is 6.88. The van der Waals surface area contributed by atoms with Crippen molar-refractivity contribution in [1.29, 1.82) is 0 Å². The fraction of sp³-hybridized carbons (Fsp3) is 0.263. The summed E-state index contributed by atoms with van der Waals surface area (Å²) >= 11 is 3.35. The van der Waals surface area contributed by atoms with E-state index in [-0.39, 0.29) is 17.5 Å². The zero-order valence-corrected chi connectivity index (χ0v) is 15.6. The molecule has 25 heavy (non-hydrogen) atoms. The van der Waals surface area contributed by atoms with Crippen molar-refractivity contribution in [3.63, 3.8) is 0 Å². The predicted octanol–water partition coefficient (Wildman–Crippen LogP) is 4.47. The highest BCUT2D eigenvalue weighted by atomic mass is 79.9. The van der Waals surface area contributed by atoms with Gasteiger partial charge in [0, 0.05) is 27.5 Å². The smallest absolute Gasteiger partial charge is 0.335 e. The summed E-state index contributed by atoms with van der Waals surface area (Å²) in [5.41, 5.74) is 3.70. The molecule has 0 saturated heterocycles. The summed E-state index contributed by atoms with van der Waals surface area (Å²) in [6.45, 7) is 4.14. The summed E-state index contributed by atoms with van der Waals surface area (Å²) in [4.78, 5) is 23.7. The minimum absolute atomic E-state index is 0.135. The van der Waals surface area contributed by atoms with Crippen molar-refractivity contribution in [3.05, 3.63) is 63.4 Å². The van der Waals surface area contributed by atoms with E-state index in [1.807, 2.05) is 6.08 Å². The lowest BCUT2D eigenvalue weighted by molar-refractivity contribution is -0.113. The highest BCUT2D eigenvalue weighted by molar-refractivity contribution is 9.10. The third kappa shape index (κ3) is 3.54. The van der Waals surface area contributed by atoms with Crippen LogP contribution in [0.25, 0.3) is 0 Å². The molecule has 1 atom stereocenters. The molecule has 5 nitrogen and oxygen atoms in total. The number of halogens is 1. The summed E-state index contributed by atoms with van der Waals surface area (Å²) < 4.78 is 2.91. The number of allylic oxidation sites excluding steroid dienone is 1. The molecule has 2 aromatic rings. The number of hydrogen-bond acceptors (Lipinski definition) is 2. The number of aryl methyl sites for hydroxylation is 2. The number of hydrogen-bond donors (Lipinski definition) is 2. The average molecular weight is 403 g/mol. The summed E-state index contributed by atoms with van der Waals surface area (Å²) in [6.07, 6.45) is 3.45. The minimum Gasteiger partial charge on any atom is -0.478 e. The first kappa shape index (κ1) is 17.5. The molecular weight excluding hydrogens is 384 g/mol. The normalized spacial score (nSPS) is 16.6. The van der Waals surface area contributed by atoms with Crippen LogP contribution < -0.4 is 5.32 Å². The number of carboxylic acids is 1. The van der Waals surface area contributed by atoms with Gasteiger partial charge in [-0.25, -0.2) is 4.79 Å². The molecule has 0 unspecified atom stereocenters. The Balaban J connectivity index is 1.73. The van der Waals surface area contributed by atoms with Crippen LogP contribution in [-0.2, 0) is 4.79 Å². The Morgan fingerprint density at radius 3 is 2.52 bits per heavy atom. The zero-order valence-electron chi connectivity index (χ0n) is 14.0.